The first-order valence-electron chi connectivity index (χ1n) is 9.04. The van der Waals surface area contributed by atoms with Gasteiger partial charge in [0, 0.05) is 6.07 Å². The molecular formula is C21H18N4O5S. The minimum atomic E-state index is -3.85. The first kappa shape index (κ1) is 20.4. The minimum absolute atomic E-state index is 0.0113. The van der Waals surface area contributed by atoms with Crippen molar-refractivity contribution >= 4 is 10.0 Å². The fourth-order valence-corrected chi connectivity index (χ4v) is 3.56. The highest BCUT2D eigenvalue weighted by molar-refractivity contribution is 7.89. The smallest absolute Gasteiger partial charge is 0.238 e. The zero-order chi connectivity index (χ0) is 22.2. The molecule has 4 rings (SSSR count). The molecule has 0 spiro atoms. The van der Waals surface area contributed by atoms with Gasteiger partial charge in [-0.05, 0) is 48.5 Å². The van der Waals surface area contributed by atoms with Crippen LogP contribution in [0.1, 0.15) is 0 Å². The van der Waals surface area contributed by atoms with Gasteiger partial charge in [-0.2, -0.15) is 0 Å². The van der Waals surface area contributed by atoms with Crippen molar-refractivity contribution < 1.29 is 23.4 Å². The van der Waals surface area contributed by atoms with Crippen LogP contribution in [0.2, 0.25) is 0 Å². The van der Waals surface area contributed by atoms with Crippen molar-refractivity contribution in [3.05, 3.63) is 66.7 Å². The molecule has 0 aliphatic rings. The lowest BCUT2D eigenvalue weighted by Gasteiger charge is -2.08. The van der Waals surface area contributed by atoms with Gasteiger partial charge in [-0.25, -0.2) is 23.2 Å². The molecule has 4 aromatic rings. The summed E-state index contributed by atoms with van der Waals surface area (Å²) in [5.74, 6) is 0.883. The third-order valence-corrected chi connectivity index (χ3v) is 5.54. The van der Waals surface area contributed by atoms with E-state index in [2.05, 4.69) is 10.1 Å². The number of para-hydroxylation sites is 1. The van der Waals surface area contributed by atoms with Crippen LogP contribution < -0.4 is 9.88 Å². The van der Waals surface area contributed by atoms with E-state index in [0.29, 0.717) is 28.4 Å². The van der Waals surface area contributed by atoms with Crippen molar-refractivity contribution in [3.8, 4) is 45.7 Å². The second-order valence-corrected chi connectivity index (χ2v) is 8.17. The maximum Gasteiger partial charge on any atom is 0.238 e. The Labute approximate surface area is 178 Å². The van der Waals surface area contributed by atoms with E-state index >= 15 is 0 Å². The second-order valence-electron chi connectivity index (χ2n) is 6.61. The highest BCUT2D eigenvalue weighted by Gasteiger charge is 2.20. The van der Waals surface area contributed by atoms with Crippen LogP contribution in [0, 0.1) is 0 Å². The first-order valence-corrected chi connectivity index (χ1v) is 10.6. The molecular weight excluding hydrogens is 420 g/mol. The van der Waals surface area contributed by atoms with Crippen LogP contribution in [0.15, 0.2) is 71.6 Å². The van der Waals surface area contributed by atoms with Gasteiger partial charge in [0.1, 0.15) is 17.2 Å². The first-order chi connectivity index (χ1) is 14.8. The Hall–Kier alpha value is -3.89. The van der Waals surface area contributed by atoms with Gasteiger partial charge < -0.3 is 14.9 Å². The number of sulfonamides is 1. The molecule has 0 saturated heterocycles. The quantitative estimate of drug-likeness (QED) is 0.435. The van der Waals surface area contributed by atoms with E-state index in [-0.39, 0.29) is 22.2 Å². The Morgan fingerprint density at radius 2 is 1.65 bits per heavy atom. The largest absolute Gasteiger partial charge is 0.507 e. The van der Waals surface area contributed by atoms with E-state index in [1.165, 1.54) is 48.2 Å². The normalized spacial score (nSPS) is 11.4. The van der Waals surface area contributed by atoms with Gasteiger partial charge in [0.2, 0.25) is 10.0 Å². The number of benzene rings is 3. The number of methoxy groups -OCH3 is 1. The van der Waals surface area contributed by atoms with Gasteiger partial charge in [-0.3, -0.25) is 0 Å². The maximum atomic E-state index is 11.6. The molecule has 0 amide bonds. The zero-order valence-electron chi connectivity index (χ0n) is 16.3. The standard InChI is InChI=1S/C21H18N4O5S/c1-30-14-8-11-16(19(27)12-14)20-23-21(17-4-2-3-5-18(17)26)25(24-20)13-6-9-15(10-7-13)31(22,28)29/h2-12,26-27H,1H3,(H2,22,28,29). The van der Waals surface area contributed by atoms with Gasteiger partial charge in [0.25, 0.3) is 0 Å². The average molecular weight is 438 g/mol. The van der Waals surface area contributed by atoms with Crippen molar-refractivity contribution in [2.24, 2.45) is 5.14 Å². The molecule has 9 nitrogen and oxygen atoms in total. The van der Waals surface area contributed by atoms with Gasteiger partial charge in [0.15, 0.2) is 11.6 Å². The monoisotopic (exact) mass is 438 g/mol. The fraction of sp³-hybridized carbons (Fsp3) is 0.0476. The molecule has 158 valence electrons. The molecule has 1 heterocycles. The summed E-state index contributed by atoms with van der Waals surface area (Å²) in [6.45, 7) is 0. The number of hydrogen-bond acceptors (Lipinski definition) is 7. The second kappa shape index (κ2) is 7.74. The number of aromatic hydroxyl groups is 2. The molecule has 1 aromatic heterocycles. The van der Waals surface area contributed by atoms with Gasteiger partial charge in [-0.1, -0.05) is 12.1 Å². The van der Waals surface area contributed by atoms with Gasteiger partial charge in [0.05, 0.1) is 28.8 Å². The summed E-state index contributed by atoms with van der Waals surface area (Å²) >= 11 is 0. The highest BCUT2D eigenvalue weighted by atomic mass is 32.2. The Kier molecular flexibility index (Phi) is 5.09. The van der Waals surface area contributed by atoms with Crippen molar-refractivity contribution in [2.45, 2.75) is 4.90 Å². The Morgan fingerprint density at radius 3 is 2.26 bits per heavy atom. The summed E-state index contributed by atoms with van der Waals surface area (Å²) < 4.78 is 29.7. The van der Waals surface area contributed by atoms with Crippen molar-refractivity contribution in [2.75, 3.05) is 7.11 Å². The van der Waals surface area contributed by atoms with Crippen LogP contribution in [-0.4, -0.2) is 40.5 Å². The number of nitrogens with two attached hydrogens (primary N) is 1. The minimum Gasteiger partial charge on any atom is -0.507 e. The van der Waals surface area contributed by atoms with Gasteiger partial charge in [-0.15, -0.1) is 5.10 Å². The number of ether oxygens (including phenoxy) is 1. The van der Waals surface area contributed by atoms with E-state index in [4.69, 9.17) is 9.88 Å². The lowest BCUT2D eigenvalue weighted by atomic mass is 10.1. The van der Waals surface area contributed by atoms with Crippen molar-refractivity contribution in [3.63, 3.8) is 0 Å². The number of hydrogen-bond donors (Lipinski definition) is 3. The SMILES string of the molecule is COc1ccc(-c2nc(-c3ccccc3O)n(-c3ccc(S(N)(=O)=O)cc3)n2)c(O)c1. The van der Waals surface area contributed by atoms with E-state index < -0.39 is 10.0 Å². The molecule has 10 heteroatoms. The van der Waals surface area contributed by atoms with E-state index in [9.17, 15) is 18.6 Å². The Balaban J connectivity index is 1.91. The van der Waals surface area contributed by atoms with E-state index in [1.807, 2.05) is 0 Å². The number of phenolic OH excluding ortho intramolecular Hbond substituents is 2. The van der Waals surface area contributed by atoms with Crippen LogP contribution in [0.4, 0.5) is 0 Å². The highest BCUT2D eigenvalue weighted by Crippen LogP contribution is 2.35. The summed E-state index contributed by atoms with van der Waals surface area (Å²) in [7, 11) is -2.36. The molecule has 0 saturated carbocycles. The summed E-state index contributed by atoms with van der Waals surface area (Å²) in [6.07, 6.45) is 0. The Bertz CT molecular complexity index is 1370. The molecule has 0 unspecified atom stereocenters. The van der Waals surface area contributed by atoms with E-state index in [0.717, 1.165) is 0 Å². The average Bonchev–Trinajstić information content (AvgIpc) is 3.18. The lowest BCUT2D eigenvalue weighted by molar-refractivity contribution is 0.408. The van der Waals surface area contributed by atoms with Crippen molar-refractivity contribution in [1.82, 2.24) is 14.8 Å². The predicted molar refractivity (Wildman–Crippen MR) is 113 cm³/mol. The molecule has 4 N–H and O–H groups in total. The Morgan fingerprint density at radius 1 is 0.935 bits per heavy atom. The number of primary sulfonamides is 1. The molecule has 0 bridgehead atoms. The summed E-state index contributed by atoms with van der Waals surface area (Å²) in [6, 6.07) is 17.1. The third-order valence-electron chi connectivity index (χ3n) is 4.61. The van der Waals surface area contributed by atoms with Gasteiger partial charge >= 0.3 is 0 Å². The topological polar surface area (TPSA) is 141 Å². The molecule has 0 atom stereocenters. The number of rotatable bonds is 5. The van der Waals surface area contributed by atoms with Crippen LogP contribution in [0.25, 0.3) is 28.5 Å². The fourth-order valence-electron chi connectivity index (χ4n) is 3.05. The molecule has 0 aliphatic carbocycles. The van der Waals surface area contributed by atoms with Crippen LogP contribution >= 0.6 is 0 Å². The lowest BCUT2D eigenvalue weighted by Crippen LogP contribution is -2.12. The van der Waals surface area contributed by atoms with Crippen LogP contribution in [0.3, 0.4) is 0 Å². The zero-order valence-corrected chi connectivity index (χ0v) is 17.1. The molecule has 31 heavy (non-hydrogen) atoms. The maximum absolute atomic E-state index is 11.6. The molecule has 0 fully saturated rings. The number of phenols is 2. The number of aromatic nitrogens is 3. The summed E-state index contributed by atoms with van der Waals surface area (Å²) in [5, 5.41) is 30.4. The number of nitrogens with zero attached hydrogens (tertiary/aromatic N) is 3. The van der Waals surface area contributed by atoms with Crippen LogP contribution in [-0.2, 0) is 10.0 Å². The van der Waals surface area contributed by atoms with E-state index in [1.54, 1.807) is 30.3 Å². The molecule has 0 aliphatic heterocycles. The van der Waals surface area contributed by atoms with Crippen molar-refractivity contribution in [1.29, 1.82) is 0 Å². The predicted octanol–water partition coefficient (Wildman–Crippen LogP) is 2.67. The molecule has 3 aromatic carbocycles. The van der Waals surface area contributed by atoms with Crippen LogP contribution in [0.5, 0.6) is 17.2 Å². The molecule has 0 radical (unpaired) electrons. The summed E-state index contributed by atoms with van der Waals surface area (Å²) in [4.78, 5) is 4.48. The summed E-state index contributed by atoms with van der Waals surface area (Å²) in [5.41, 5.74) is 1.25. The third kappa shape index (κ3) is 3.93.